The van der Waals surface area contributed by atoms with E-state index in [0.29, 0.717) is 11.1 Å². The van der Waals surface area contributed by atoms with Gasteiger partial charge in [-0.2, -0.15) is 0 Å². The Kier molecular flexibility index (Phi) is 4.05. The third kappa shape index (κ3) is 3.32. The molecule has 1 fully saturated rings. The second-order valence-corrected chi connectivity index (χ2v) is 11.4. The van der Waals surface area contributed by atoms with E-state index in [1.165, 1.54) is 25.7 Å². The summed E-state index contributed by atoms with van der Waals surface area (Å²) in [5.41, 5.74) is 0. The molecule has 1 aliphatic rings. The molecule has 2 atom stereocenters. The van der Waals surface area contributed by atoms with Crippen molar-refractivity contribution in [3.63, 3.8) is 0 Å². The van der Waals surface area contributed by atoms with E-state index in [1.807, 2.05) is 0 Å². The summed E-state index contributed by atoms with van der Waals surface area (Å²) in [4.78, 5) is 0. The van der Waals surface area contributed by atoms with Crippen molar-refractivity contribution in [3.05, 3.63) is 0 Å². The zero-order valence-corrected chi connectivity index (χ0v) is 12.4. The fourth-order valence-electron chi connectivity index (χ4n) is 2.01. The van der Waals surface area contributed by atoms with Gasteiger partial charge in [0, 0.05) is 6.10 Å². The van der Waals surface area contributed by atoms with E-state index >= 15 is 0 Å². The summed E-state index contributed by atoms with van der Waals surface area (Å²) in [7, 11) is -1.53. The standard InChI is InChI=1S/C13H28OSi/c1-11-9-7-8-10-12(11)14-15(5,6)13(2,3)4/h11-12H,7-10H2,1-6H3/t11-,12+/m1/s1. The summed E-state index contributed by atoms with van der Waals surface area (Å²) in [6.07, 6.45) is 5.95. The number of rotatable bonds is 2. The highest BCUT2D eigenvalue weighted by atomic mass is 28.4. The highest BCUT2D eigenvalue weighted by molar-refractivity contribution is 6.74. The highest BCUT2D eigenvalue weighted by Crippen LogP contribution is 2.40. The van der Waals surface area contributed by atoms with Crippen molar-refractivity contribution in [1.82, 2.24) is 0 Å². The molecule has 0 aromatic rings. The van der Waals surface area contributed by atoms with Crippen LogP contribution in [0, 0.1) is 5.92 Å². The van der Waals surface area contributed by atoms with Gasteiger partial charge in [0.2, 0.25) is 0 Å². The van der Waals surface area contributed by atoms with Gasteiger partial charge in [0.05, 0.1) is 0 Å². The lowest BCUT2D eigenvalue weighted by Crippen LogP contribution is -2.46. The van der Waals surface area contributed by atoms with E-state index in [-0.39, 0.29) is 0 Å². The normalized spacial score (nSPS) is 29.2. The van der Waals surface area contributed by atoms with Crippen LogP contribution in [-0.2, 0) is 4.43 Å². The molecule has 0 saturated heterocycles. The molecule has 0 bridgehead atoms. The zero-order chi connectivity index (χ0) is 11.7. The smallest absolute Gasteiger partial charge is 0.192 e. The largest absolute Gasteiger partial charge is 0.414 e. The van der Waals surface area contributed by atoms with Gasteiger partial charge in [-0.3, -0.25) is 0 Å². The van der Waals surface area contributed by atoms with Gasteiger partial charge in [-0.15, -0.1) is 0 Å². The first kappa shape index (κ1) is 13.2. The molecule has 0 unspecified atom stereocenters. The van der Waals surface area contributed by atoms with Crippen LogP contribution in [0.3, 0.4) is 0 Å². The fourth-order valence-corrected chi connectivity index (χ4v) is 3.47. The van der Waals surface area contributed by atoms with Crippen LogP contribution in [0.1, 0.15) is 53.4 Å². The molecule has 15 heavy (non-hydrogen) atoms. The maximum Gasteiger partial charge on any atom is 0.192 e. The van der Waals surface area contributed by atoms with Crippen molar-refractivity contribution in [2.75, 3.05) is 0 Å². The highest BCUT2D eigenvalue weighted by Gasteiger charge is 2.40. The first-order chi connectivity index (χ1) is 6.74. The van der Waals surface area contributed by atoms with Crippen LogP contribution in [-0.4, -0.2) is 14.4 Å². The van der Waals surface area contributed by atoms with Crippen LogP contribution < -0.4 is 0 Å². The topological polar surface area (TPSA) is 9.23 Å². The second kappa shape index (κ2) is 4.58. The van der Waals surface area contributed by atoms with Crippen molar-refractivity contribution >= 4 is 8.32 Å². The molecule has 0 amide bonds. The fraction of sp³-hybridized carbons (Fsp3) is 1.00. The van der Waals surface area contributed by atoms with Crippen LogP contribution >= 0.6 is 0 Å². The SMILES string of the molecule is C[C@@H]1CCCC[C@@H]1O[Si](C)(C)C(C)(C)C. The third-order valence-corrected chi connectivity index (χ3v) is 8.79. The molecule has 0 heterocycles. The summed E-state index contributed by atoms with van der Waals surface area (Å²) in [5, 5.41) is 0.351. The Morgan fingerprint density at radius 2 is 1.60 bits per heavy atom. The molecule has 0 spiro atoms. The number of hydrogen-bond acceptors (Lipinski definition) is 1. The Morgan fingerprint density at radius 3 is 2.07 bits per heavy atom. The summed E-state index contributed by atoms with van der Waals surface area (Å²) < 4.78 is 6.49. The molecule has 90 valence electrons. The van der Waals surface area contributed by atoms with E-state index in [4.69, 9.17) is 4.43 Å². The van der Waals surface area contributed by atoms with E-state index < -0.39 is 8.32 Å². The maximum absolute atomic E-state index is 6.49. The average Bonchev–Trinajstić information content (AvgIpc) is 2.06. The van der Waals surface area contributed by atoms with Crippen molar-refractivity contribution in [1.29, 1.82) is 0 Å². The molecular weight excluding hydrogens is 200 g/mol. The monoisotopic (exact) mass is 228 g/mol. The van der Waals surface area contributed by atoms with Gasteiger partial charge in [-0.25, -0.2) is 0 Å². The molecule has 1 nitrogen and oxygen atoms in total. The zero-order valence-electron chi connectivity index (χ0n) is 11.4. The molecular formula is C13H28OSi. The summed E-state index contributed by atoms with van der Waals surface area (Å²) in [5.74, 6) is 0.771. The Labute approximate surface area is 96.7 Å². The van der Waals surface area contributed by atoms with Crippen LogP contribution in [0.4, 0.5) is 0 Å². The van der Waals surface area contributed by atoms with Crippen LogP contribution in [0.25, 0.3) is 0 Å². The van der Waals surface area contributed by atoms with Crippen LogP contribution in [0.15, 0.2) is 0 Å². The van der Waals surface area contributed by atoms with E-state index in [0.717, 1.165) is 5.92 Å². The van der Waals surface area contributed by atoms with Gasteiger partial charge in [0.15, 0.2) is 8.32 Å². The van der Waals surface area contributed by atoms with E-state index in [1.54, 1.807) is 0 Å². The number of hydrogen-bond donors (Lipinski definition) is 0. The Hall–Kier alpha value is 0.177. The quantitative estimate of drug-likeness (QED) is 0.628. The average molecular weight is 228 g/mol. The maximum atomic E-state index is 6.49. The molecule has 0 radical (unpaired) electrons. The minimum atomic E-state index is -1.53. The summed E-state index contributed by atoms with van der Waals surface area (Å²) in [6.45, 7) is 14.1. The summed E-state index contributed by atoms with van der Waals surface area (Å²) in [6, 6.07) is 0. The molecule has 2 heteroatoms. The molecule has 1 saturated carbocycles. The van der Waals surface area contributed by atoms with Gasteiger partial charge >= 0.3 is 0 Å². The first-order valence-electron chi connectivity index (χ1n) is 6.42. The molecule has 0 aromatic carbocycles. The third-order valence-electron chi connectivity index (χ3n) is 4.28. The molecule has 0 aliphatic heterocycles. The molecule has 1 aliphatic carbocycles. The Balaban J connectivity index is 2.59. The Morgan fingerprint density at radius 1 is 1.07 bits per heavy atom. The second-order valence-electron chi connectivity index (χ2n) is 6.68. The van der Waals surface area contributed by atoms with Crippen LogP contribution in [0.2, 0.25) is 18.1 Å². The van der Waals surface area contributed by atoms with Crippen molar-refractivity contribution in [3.8, 4) is 0 Å². The van der Waals surface area contributed by atoms with Gasteiger partial charge < -0.3 is 4.43 Å². The molecule has 0 aromatic heterocycles. The van der Waals surface area contributed by atoms with Gasteiger partial charge in [-0.05, 0) is 36.9 Å². The molecule has 1 rings (SSSR count). The Bertz CT molecular complexity index is 205. The lowest BCUT2D eigenvalue weighted by Gasteiger charge is -2.42. The summed E-state index contributed by atoms with van der Waals surface area (Å²) >= 11 is 0. The van der Waals surface area contributed by atoms with Gasteiger partial charge in [0.1, 0.15) is 0 Å². The minimum Gasteiger partial charge on any atom is -0.414 e. The van der Waals surface area contributed by atoms with Gasteiger partial charge in [0.25, 0.3) is 0 Å². The molecule has 0 N–H and O–H groups in total. The van der Waals surface area contributed by atoms with E-state index in [2.05, 4.69) is 40.8 Å². The van der Waals surface area contributed by atoms with E-state index in [9.17, 15) is 0 Å². The van der Waals surface area contributed by atoms with Crippen molar-refractivity contribution in [2.45, 2.75) is 77.6 Å². The van der Waals surface area contributed by atoms with Gasteiger partial charge in [-0.1, -0.05) is 40.5 Å². The predicted octanol–water partition coefficient (Wildman–Crippen LogP) is 4.59. The lowest BCUT2D eigenvalue weighted by atomic mass is 9.88. The van der Waals surface area contributed by atoms with Crippen molar-refractivity contribution in [2.24, 2.45) is 5.92 Å². The van der Waals surface area contributed by atoms with Crippen LogP contribution in [0.5, 0.6) is 0 Å². The first-order valence-corrected chi connectivity index (χ1v) is 9.33. The van der Waals surface area contributed by atoms with Crippen molar-refractivity contribution < 1.29 is 4.43 Å². The lowest BCUT2D eigenvalue weighted by molar-refractivity contribution is 0.0884. The predicted molar refractivity (Wildman–Crippen MR) is 69.7 cm³/mol. The minimum absolute atomic E-state index is 0.351.